The number of nitrogens with zero attached hydrogens (tertiary/aromatic N) is 4. The van der Waals surface area contributed by atoms with E-state index in [-0.39, 0.29) is 6.03 Å². The predicted octanol–water partition coefficient (Wildman–Crippen LogP) is 1.60. The monoisotopic (exact) mass is 291 g/mol. The van der Waals surface area contributed by atoms with Gasteiger partial charge in [-0.15, -0.1) is 0 Å². The number of aliphatic hydroxyl groups is 1. The molecular formula is C14H21N5O2. The SMILES string of the molecule is CC1=NNC(=O)N(/N=C/c2cccnc2)C1.CCCCO. The van der Waals surface area contributed by atoms with E-state index in [1.165, 1.54) is 5.01 Å². The van der Waals surface area contributed by atoms with Gasteiger partial charge in [0.05, 0.1) is 18.5 Å². The summed E-state index contributed by atoms with van der Waals surface area (Å²) < 4.78 is 0. The van der Waals surface area contributed by atoms with Gasteiger partial charge in [0.2, 0.25) is 0 Å². The maximum absolute atomic E-state index is 11.3. The molecule has 0 spiro atoms. The van der Waals surface area contributed by atoms with Crippen molar-refractivity contribution >= 4 is 18.0 Å². The molecule has 0 radical (unpaired) electrons. The topological polar surface area (TPSA) is 90.2 Å². The molecule has 1 aromatic heterocycles. The van der Waals surface area contributed by atoms with Crippen LogP contribution in [-0.2, 0) is 0 Å². The van der Waals surface area contributed by atoms with Gasteiger partial charge in [-0.05, 0) is 19.4 Å². The highest BCUT2D eigenvalue weighted by Crippen LogP contribution is 1.99. The molecule has 0 bridgehead atoms. The third kappa shape index (κ3) is 6.62. The van der Waals surface area contributed by atoms with Gasteiger partial charge in [0.15, 0.2) is 0 Å². The molecule has 2 heterocycles. The summed E-state index contributed by atoms with van der Waals surface area (Å²) in [6.45, 7) is 4.63. The molecular weight excluding hydrogens is 270 g/mol. The molecule has 1 aromatic rings. The van der Waals surface area contributed by atoms with Crippen molar-refractivity contribution in [2.24, 2.45) is 10.2 Å². The molecule has 1 aliphatic rings. The molecule has 2 rings (SSSR count). The Morgan fingerprint density at radius 2 is 2.38 bits per heavy atom. The standard InChI is InChI=1S/C10H11N5O.C4H10O/c1-8-7-15(10(16)14-13-8)12-6-9-3-2-4-11-5-9;1-2-3-4-5/h2-6H,7H2,1H3,(H,14,16);5H,2-4H2,1H3/b12-6+;. The van der Waals surface area contributed by atoms with Crippen molar-refractivity contribution in [3.63, 3.8) is 0 Å². The molecule has 0 unspecified atom stereocenters. The van der Waals surface area contributed by atoms with Gasteiger partial charge in [-0.25, -0.2) is 15.2 Å². The minimum Gasteiger partial charge on any atom is -0.396 e. The van der Waals surface area contributed by atoms with Crippen LogP contribution in [0, 0.1) is 0 Å². The minimum absolute atomic E-state index is 0.328. The summed E-state index contributed by atoms with van der Waals surface area (Å²) in [7, 11) is 0. The Bertz CT molecular complexity index is 485. The third-order valence-electron chi connectivity index (χ3n) is 2.50. The predicted molar refractivity (Wildman–Crippen MR) is 82.2 cm³/mol. The molecule has 0 fully saturated rings. The lowest BCUT2D eigenvalue weighted by Crippen LogP contribution is -2.42. The van der Waals surface area contributed by atoms with E-state index in [0.717, 1.165) is 24.1 Å². The fourth-order valence-electron chi connectivity index (χ4n) is 1.36. The second-order valence-electron chi connectivity index (χ2n) is 4.43. The number of unbranched alkanes of at least 4 members (excludes halogenated alkanes) is 1. The number of hydrogen-bond acceptors (Lipinski definition) is 5. The van der Waals surface area contributed by atoms with Crippen molar-refractivity contribution in [1.82, 2.24) is 15.4 Å². The van der Waals surface area contributed by atoms with E-state index in [1.807, 2.05) is 19.1 Å². The smallest absolute Gasteiger partial charge is 0.358 e. The average molecular weight is 291 g/mol. The summed E-state index contributed by atoms with van der Waals surface area (Å²) in [5.74, 6) is 0. The van der Waals surface area contributed by atoms with Gasteiger partial charge in [-0.3, -0.25) is 4.98 Å². The van der Waals surface area contributed by atoms with Crippen LogP contribution < -0.4 is 5.43 Å². The molecule has 0 aliphatic carbocycles. The maximum Gasteiger partial charge on any atom is 0.358 e. The highest BCUT2D eigenvalue weighted by atomic mass is 16.3. The number of amides is 2. The number of urea groups is 1. The Balaban J connectivity index is 0.000000383. The summed E-state index contributed by atoms with van der Waals surface area (Å²) >= 11 is 0. The van der Waals surface area contributed by atoms with Gasteiger partial charge in [-0.1, -0.05) is 19.4 Å². The minimum atomic E-state index is -0.328. The van der Waals surface area contributed by atoms with Crippen molar-refractivity contribution in [2.75, 3.05) is 13.2 Å². The summed E-state index contributed by atoms with van der Waals surface area (Å²) in [6, 6.07) is 3.34. The normalized spacial score (nSPS) is 14.3. The van der Waals surface area contributed by atoms with Crippen LogP contribution in [0.3, 0.4) is 0 Å². The van der Waals surface area contributed by atoms with Crippen LogP contribution in [-0.4, -0.2) is 46.2 Å². The summed E-state index contributed by atoms with van der Waals surface area (Å²) in [4.78, 5) is 15.3. The molecule has 2 N–H and O–H groups in total. The summed E-state index contributed by atoms with van der Waals surface area (Å²) in [5.41, 5.74) is 4.02. The van der Waals surface area contributed by atoms with Crippen molar-refractivity contribution in [3.05, 3.63) is 30.1 Å². The van der Waals surface area contributed by atoms with E-state index in [2.05, 4.69) is 27.5 Å². The van der Waals surface area contributed by atoms with E-state index in [0.29, 0.717) is 13.2 Å². The Hall–Kier alpha value is -2.28. The summed E-state index contributed by atoms with van der Waals surface area (Å²) in [5, 5.41) is 17.2. The number of rotatable bonds is 4. The molecule has 0 saturated heterocycles. The molecule has 0 saturated carbocycles. The Kier molecular flexibility index (Phi) is 7.67. The fourth-order valence-corrected chi connectivity index (χ4v) is 1.36. The fraction of sp³-hybridized carbons (Fsp3) is 0.429. The first-order valence-electron chi connectivity index (χ1n) is 6.83. The van der Waals surface area contributed by atoms with Crippen molar-refractivity contribution in [1.29, 1.82) is 0 Å². The number of hydrogen-bond donors (Lipinski definition) is 2. The molecule has 7 nitrogen and oxygen atoms in total. The van der Waals surface area contributed by atoms with Crippen LogP contribution in [0.5, 0.6) is 0 Å². The zero-order valence-corrected chi connectivity index (χ0v) is 12.4. The van der Waals surface area contributed by atoms with Crippen molar-refractivity contribution < 1.29 is 9.90 Å². The van der Waals surface area contributed by atoms with Crippen molar-refractivity contribution in [3.8, 4) is 0 Å². The molecule has 21 heavy (non-hydrogen) atoms. The number of aromatic nitrogens is 1. The maximum atomic E-state index is 11.3. The molecule has 114 valence electrons. The number of carbonyl (C=O) groups is 1. The first kappa shape index (κ1) is 16.8. The van der Waals surface area contributed by atoms with Crippen LogP contribution in [0.15, 0.2) is 34.7 Å². The van der Waals surface area contributed by atoms with Crippen LogP contribution in [0.25, 0.3) is 0 Å². The highest BCUT2D eigenvalue weighted by molar-refractivity contribution is 5.92. The molecule has 0 atom stereocenters. The van der Waals surface area contributed by atoms with Crippen LogP contribution in [0.4, 0.5) is 4.79 Å². The number of nitrogens with one attached hydrogen (secondary N) is 1. The van der Waals surface area contributed by atoms with E-state index in [4.69, 9.17) is 5.11 Å². The zero-order valence-electron chi connectivity index (χ0n) is 12.4. The first-order valence-corrected chi connectivity index (χ1v) is 6.83. The van der Waals surface area contributed by atoms with Crippen LogP contribution in [0.1, 0.15) is 32.3 Å². The molecule has 7 heteroatoms. The van der Waals surface area contributed by atoms with E-state index in [1.54, 1.807) is 18.6 Å². The van der Waals surface area contributed by atoms with E-state index >= 15 is 0 Å². The quantitative estimate of drug-likeness (QED) is 0.825. The Morgan fingerprint density at radius 1 is 1.57 bits per heavy atom. The van der Waals surface area contributed by atoms with Gasteiger partial charge in [0.25, 0.3) is 0 Å². The third-order valence-corrected chi connectivity index (χ3v) is 2.50. The van der Waals surface area contributed by atoms with Gasteiger partial charge in [0, 0.05) is 24.6 Å². The number of carbonyl (C=O) groups excluding carboxylic acids is 1. The molecule has 1 aliphatic heterocycles. The van der Waals surface area contributed by atoms with Crippen LogP contribution >= 0.6 is 0 Å². The van der Waals surface area contributed by atoms with Gasteiger partial charge in [0.1, 0.15) is 0 Å². The second-order valence-corrected chi connectivity index (χ2v) is 4.43. The number of hydrazone groups is 2. The summed E-state index contributed by atoms with van der Waals surface area (Å²) in [6.07, 6.45) is 6.98. The Labute approximate surface area is 124 Å². The largest absolute Gasteiger partial charge is 0.396 e. The van der Waals surface area contributed by atoms with Gasteiger partial charge >= 0.3 is 6.03 Å². The highest BCUT2D eigenvalue weighted by Gasteiger charge is 2.16. The number of aliphatic hydroxyl groups excluding tert-OH is 1. The van der Waals surface area contributed by atoms with Gasteiger partial charge < -0.3 is 5.11 Å². The number of pyridine rings is 1. The Morgan fingerprint density at radius 3 is 2.95 bits per heavy atom. The second kappa shape index (κ2) is 9.60. The lowest BCUT2D eigenvalue weighted by Gasteiger charge is -2.20. The molecule has 2 amide bonds. The van der Waals surface area contributed by atoms with Crippen molar-refractivity contribution in [2.45, 2.75) is 26.7 Å². The van der Waals surface area contributed by atoms with E-state index in [9.17, 15) is 4.79 Å². The van der Waals surface area contributed by atoms with E-state index < -0.39 is 0 Å². The lowest BCUT2D eigenvalue weighted by molar-refractivity contribution is 0.204. The van der Waals surface area contributed by atoms with Crippen LogP contribution in [0.2, 0.25) is 0 Å². The van der Waals surface area contributed by atoms with Gasteiger partial charge in [-0.2, -0.15) is 10.2 Å². The lowest BCUT2D eigenvalue weighted by atomic mass is 10.3. The first-order chi connectivity index (χ1) is 10.2. The zero-order chi connectivity index (χ0) is 15.5. The average Bonchev–Trinajstić information content (AvgIpc) is 2.51. The molecule has 0 aromatic carbocycles.